The van der Waals surface area contributed by atoms with Gasteiger partial charge in [-0.05, 0) is 6.92 Å². The van der Waals surface area contributed by atoms with E-state index in [9.17, 15) is 17.6 Å². The van der Waals surface area contributed by atoms with Crippen LogP contribution in [0.5, 0.6) is 0 Å². The fraction of sp³-hybridized carbons (Fsp3) is 1.00. The lowest BCUT2D eigenvalue weighted by molar-refractivity contribution is -0.172. The van der Waals surface area contributed by atoms with Crippen LogP contribution in [0.25, 0.3) is 0 Å². The predicted molar refractivity (Wildman–Crippen MR) is 38.0 cm³/mol. The van der Waals surface area contributed by atoms with Gasteiger partial charge >= 0.3 is 11.8 Å². The maximum Gasteiger partial charge on any atom is 0.323 e. The number of rotatable bonds is 2. The second-order valence-electron chi connectivity index (χ2n) is 3.43. The molecule has 1 aliphatic rings. The Bertz CT molecular complexity index is 179. The number of β-amino-alcohol motifs (C(OH)–C–C–N with tert-alkyl or cyclic N) is 1. The van der Waals surface area contributed by atoms with Crippen LogP contribution in [0.3, 0.4) is 0 Å². The van der Waals surface area contributed by atoms with E-state index < -0.39 is 31.0 Å². The molecular weight excluding hydrogens is 190 g/mol. The lowest BCUT2D eigenvalue weighted by atomic mass is 10.2. The smallest absolute Gasteiger partial charge is 0.323 e. The minimum absolute atomic E-state index is 0.148. The number of aliphatic hydroxyl groups is 1. The summed E-state index contributed by atoms with van der Waals surface area (Å²) < 4.78 is 50.2. The summed E-state index contributed by atoms with van der Waals surface area (Å²) in [5, 5.41) is 8.82. The van der Waals surface area contributed by atoms with Gasteiger partial charge in [-0.15, -0.1) is 0 Å². The minimum Gasteiger partial charge on any atom is -0.392 e. The van der Waals surface area contributed by atoms with E-state index in [0.717, 1.165) is 4.90 Å². The first-order valence-corrected chi connectivity index (χ1v) is 3.91. The van der Waals surface area contributed by atoms with Crippen LogP contribution in [-0.2, 0) is 0 Å². The summed E-state index contributed by atoms with van der Waals surface area (Å²) in [5.74, 6) is -7.94. The Balaban J connectivity index is 2.60. The first-order valence-electron chi connectivity index (χ1n) is 3.91. The molecular formula is C7H11F4NO. The third-order valence-electron chi connectivity index (χ3n) is 1.90. The van der Waals surface area contributed by atoms with Gasteiger partial charge in [0.25, 0.3) is 0 Å². The molecule has 0 aromatic rings. The van der Waals surface area contributed by atoms with E-state index in [4.69, 9.17) is 5.11 Å². The average Bonchev–Trinajstić information content (AvgIpc) is 1.98. The van der Waals surface area contributed by atoms with Gasteiger partial charge in [-0.3, -0.25) is 4.90 Å². The molecule has 0 radical (unpaired) electrons. The van der Waals surface area contributed by atoms with E-state index in [0.29, 0.717) is 0 Å². The van der Waals surface area contributed by atoms with Crippen LogP contribution in [0.2, 0.25) is 0 Å². The van der Waals surface area contributed by atoms with Crippen LogP contribution in [0, 0.1) is 0 Å². The molecule has 0 spiro atoms. The highest BCUT2D eigenvalue weighted by Gasteiger charge is 2.62. The lowest BCUT2D eigenvalue weighted by Crippen LogP contribution is -2.38. The zero-order valence-electron chi connectivity index (χ0n) is 7.10. The number of likely N-dealkylation sites (tertiary alicyclic amines) is 1. The van der Waals surface area contributed by atoms with E-state index >= 15 is 0 Å². The SMILES string of the molecule is C[C@@H](O)CN1CC(F)(F)C(F)(F)C1. The van der Waals surface area contributed by atoms with Crippen LogP contribution < -0.4 is 0 Å². The monoisotopic (exact) mass is 201 g/mol. The van der Waals surface area contributed by atoms with Crippen molar-refractivity contribution in [3.05, 3.63) is 0 Å². The van der Waals surface area contributed by atoms with Gasteiger partial charge < -0.3 is 5.11 Å². The van der Waals surface area contributed by atoms with Gasteiger partial charge in [0.05, 0.1) is 19.2 Å². The van der Waals surface area contributed by atoms with Gasteiger partial charge in [0.2, 0.25) is 0 Å². The Morgan fingerprint density at radius 2 is 1.62 bits per heavy atom. The highest BCUT2D eigenvalue weighted by Crippen LogP contribution is 2.40. The van der Waals surface area contributed by atoms with Gasteiger partial charge in [-0.2, -0.15) is 17.6 Å². The number of nitrogens with zero attached hydrogens (tertiary/aromatic N) is 1. The first-order chi connectivity index (χ1) is 5.74. The van der Waals surface area contributed by atoms with Crippen molar-refractivity contribution in [2.45, 2.75) is 24.9 Å². The summed E-state index contributed by atoms with van der Waals surface area (Å²) in [6, 6.07) is 0. The maximum absolute atomic E-state index is 12.5. The third kappa shape index (κ3) is 2.11. The maximum atomic E-state index is 12.5. The number of hydrogen-bond acceptors (Lipinski definition) is 2. The van der Waals surface area contributed by atoms with E-state index in [1.807, 2.05) is 0 Å². The summed E-state index contributed by atoms with van der Waals surface area (Å²) in [7, 11) is 0. The van der Waals surface area contributed by atoms with Crippen LogP contribution in [-0.4, -0.2) is 47.6 Å². The standard InChI is InChI=1S/C7H11F4NO/c1-5(13)2-12-3-6(8,9)7(10,11)4-12/h5,13H,2-4H2,1H3/t5-/m1/s1. The minimum atomic E-state index is -3.97. The molecule has 2 nitrogen and oxygen atoms in total. The summed E-state index contributed by atoms with van der Waals surface area (Å²) in [4.78, 5) is 0.866. The second-order valence-corrected chi connectivity index (χ2v) is 3.43. The molecule has 0 saturated carbocycles. The van der Waals surface area contributed by atoms with E-state index in [-0.39, 0.29) is 6.54 Å². The van der Waals surface area contributed by atoms with Crippen molar-refractivity contribution in [3.8, 4) is 0 Å². The normalized spacial score (nSPS) is 29.1. The zero-order chi connectivity index (χ0) is 10.3. The van der Waals surface area contributed by atoms with E-state index in [2.05, 4.69) is 0 Å². The van der Waals surface area contributed by atoms with Crippen molar-refractivity contribution in [3.63, 3.8) is 0 Å². The first kappa shape index (κ1) is 10.7. The summed E-state index contributed by atoms with van der Waals surface area (Å²) in [6.45, 7) is -0.740. The Kier molecular flexibility index (Phi) is 2.55. The van der Waals surface area contributed by atoms with Crippen LogP contribution in [0.15, 0.2) is 0 Å². The molecule has 0 aliphatic carbocycles. The highest BCUT2D eigenvalue weighted by molar-refractivity contribution is 4.97. The molecule has 0 bridgehead atoms. The predicted octanol–water partition coefficient (Wildman–Crippen LogP) is 0.953. The summed E-state index contributed by atoms with van der Waals surface area (Å²) in [6.07, 6.45) is -0.871. The molecule has 6 heteroatoms. The summed E-state index contributed by atoms with van der Waals surface area (Å²) >= 11 is 0. The molecule has 0 aromatic carbocycles. The number of halogens is 4. The molecule has 1 aliphatic heterocycles. The Morgan fingerprint density at radius 3 is 1.92 bits per heavy atom. The molecule has 1 saturated heterocycles. The van der Waals surface area contributed by atoms with Gasteiger partial charge in [0.15, 0.2) is 0 Å². The lowest BCUT2D eigenvalue weighted by Gasteiger charge is -2.15. The summed E-state index contributed by atoms with van der Waals surface area (Å²) in [5.41, 5.74) is 0. The van der Waals surface area contributed by atoms with Crippen molar-refractivity contribution in [2.75, 3.05) is 19.6 Å². The van der Waals surface area contributed by atoms with Gasteiger partial charge in [-0.1, -0.05) is 0 Å². The molecule has 1 heterocycles. The molecule has 0 amide bonds. The molecule has 0 aromatic heterocycles. The van der Waals surface area contributed by atoms with E-state index in [1.165, 1.54) is 6.92 Å². The third-order valence-corrected chi connectivity index (χ3v) is 1.90. The molecule has 0 unspecified atom stereocenters. The molecule has 1 atom stereocenters. The van der Waals surface area contributed by atoms with Crippen LogP contribution >= 0.6 is 0 Å². The number of aliphatic hydroxyl groups excluding tert-OH is 1. The van der Waals surface area contributed by atoms with Crippen molar-refractivity contribution >= 4 is 0 Å². The average molecular weight is 201 g/mol. The Labute approximate surface area is 73.1 Å². The Hall–Kier alpha value is -0.360. The molecule has 1 fully saturated rings. The topological polar surface area (TPSA) is 23.5 Å². The van der Waals surface area contributed by atoms with Crippen molar-refractivity contribution in [1.29, 1.82) is 0 Å². The largest absolute Gasteiger partial charge is 0.392 e. The number of alkyl halides is 4. The van der Waals surface area contributed by atoms with Crippen molar-refractivity contribution in [2.24, 2.45) is 0 Å². The van der Waals surface area contributed by atoms with Gasteiger partial charge in [0, 0.05) is 6.54 Å². The highest BCUT2D eigenvalue weighted by atomic mass is 19.3. The fourth-order valence-corrected chi connectivity index (χ4v) is 1.35. The van der Waals surface area contributed by atoms with Crippen molar-refractivity contribution in [1.82, 2.24) is 4.90 Å². The van der Waals surface area contributed by atoms with E-state index in [1.54, 1.807) is 0 Å². The quantitative estimate of drug-likeness (QED) is 0.672. The second kappa shape index (κ2) is 3.09. The van der Waals surface area contributed by atoms with Crippen molar-refractivity contribution < 1.29 is 22.7 Å². The van der Waals surface area contributed by atoms with Crippen LogP contribution in [0.1, 0.15) is 6.92 Å². The molecule has 13 heavy (non-hydrogen) atoms. The molecule has 1 N–H and O–H groups in total. The molecule has 1 rings (SSSR count). The Morgan fingerprint density at radius 1 is 1.23 bits per heavy atom. The number of hydrogen-bond donors (Lipinski definition) is 1. The zero-order valence-corrected chi connectivity index (χ0v) is 7.10. The fourth-order valence-electron chi connectivity index (χ4n) is 1.35. The molecule has 78 valence electrons. The van der Waals surface area contributed by atoms with Gasteiger partial charge in [-0.25, -0.2) is 0 Å². The van der Waals surface area contributed by atoms with Gasteiger partial charge in [0.1, 0.15) is 0 Å². The van der Waals surface area contributed by atoms with Crippen LogP contribution in [0.4, 0.5) is 17.6 Å².